The molecule has 3 heterocycles. The van der Waals surface area contributed by atoms with Crippen molar-refractivity contribution in [1.82, 2.24) is 9.97 Å². The molecule has 3 rings (SSSR count). The molecule has 2 aromatic rings. The summed E-state index contributed by atoms with van der Waals surface area (Å²) < 4.78 is 6.73. The Morgan fingerprint density at radius 2 is 2.12 bits per heavy atom. The van der Waals surface area contributed by atoms with Gasteiger partial charge in [-0.15, -0.1) is 11.3 Å². The van der Waals surface area contributed by atoms with Gasteiger partial charge in [0.25, 0.3) is 0 Å². The Hall–Kier alpha value is -1.50. The molecule has 0 unspecified atom stereocenters. The van der Waals surface area contributed by atoms with Crippen molar-refractivity contribution in [2.24, 2.45) is 0 Å². The average Bonchev–Trinajstić information content (AvgIpc) is 2.92. The molecule has 0 N–H and O–H groups in total. The highest BCUT2D eigenvalue weighted by Crippen LogP contribution is 2.36. The number of aromatic nitrogens is 2. The molecule has 0 fully saturated rings. The van der Waals surface area contributed by atoms with Gasteiger partial charge in [-0.05, 0) is 38.5 Å². The molecule has 0 aromatic carbocycles. The van der Waals surface area contributed by atoms with Crippen molar-refractivity contribution in [1.29, 1.82) is 0 Å². The minimum Gasteiger partial charge on any atom is -0.414 e. The molecule has 128 valence electrons. The van der Waals surface area contributed by atoms with Gasteiger partial charge in [0, 0.05) is 11.3 Å². The van der Waals surface area contributed by atoms with E-state index in [9.17, 15) is 4.79 Å². The second-order valence-electron chi connectivity index (χ2n) is 7.25. The van der Waals surface area contributed by atoms with Crippen molar-refractivity contribution < 1.29 is 14.0 Å². The molecule has 0 aliphatic carbocycles. The summed E-state index contributed by atoms with van der Waals surface area (Å²) in [5.74, 6) is 0. The van der Waals surface area contributed by atoms with E-state index in [1.807, 2.05) is 33.9 Å². The molecule has 0 saturated carbocycles. The van der Waals surface area contributed by atoms with E-state index in [1.54, 1.807) is 11.3 Å². The summed E-state index contributed by atoms with van der Waals surface area (Å²) in [6.45, 7) is 7.02. The number of ether oxygens (including phenoxy) is 1. The maximum Gasteiger partial charge on any atom is 0.516 e. The highest BCUT2D eigenvalue weighted by atomic mass is 35.5. The fourth-order valence-corrected chi connectivity index (χ4v) is 3.93. The van der Waals surface area contributed by atoms with Crippen LogP contribution in [0.2, 0.25) is 5.15 Å². The van der Waals surface area contributed by atoms with E-state index in [1.165, 1.54) is 11.9 Å². The van der Waals surface area contributed by atoms with Crippen molar-refractivity contribution in [2.45, 2.75) is 32.8 Å². The van der Waals surface area contributed by atoms with Crippen LogP contribution < -0.4 is 0 Å². The van der Waals surface area contributed by atoms with Gasteiger partial charge in [-0.1, -0.05) is 11.6 Å². The highest BCUT2D eigenvalue weighted by molar-refractivity contribution is 7.20. The molecule has 1 aliphatic heterocycles. The Bertz CT molecular complexity index is 825. The van der Waals surface area contributed by atoms with Gasteiger partial charge in [-0.3, -0.25) is 0 Å². The second-order valence-corrected chi connectivity index (χ2v) is 8.66. The third-order valence-corrected chi connectivity index (χ3v) is 5.64. The molecule has 0 saturated heterocycles. The van der Waals surface area contributed by atoms with Gasteiger partial charge in [0.15, 0.2) is 0 Å². The normalized spacial score (nSPS) is 21.6. The molecule has 7 heteroatoms. The number of thiophene rings is 1. The van der Waals surface area contributed by atoms with Gasteiger partial charge in [-0.2, -0.15) is 4.79 Å². The smallest absolute Gasteiger partial charge is 0.414 e. The lowest BCUT2D eigenvalue weighted by molar-refractivity contribution is -0.833. The number of fused-ring (bicyclic) bond motifs is 1. The lowest BCUT2D eigenvalue weighted by Crippen LogP contribution is -2.53. The Labute approximate surface area is 150 Å². The van der Waals surface area contributed by atoms with Crippen LogP contribution in [0.4, 0.5) is 4.79 Å². The number of quaternary nitrogens is 1. The van der Waals surface area contributed by atoms with Crippen LogP contribution in [0.3, 0.4) is 0 Å². The fourth-order valence-electron chi connectivity index (χ4n) is 2.62. The molecule has 0 radical (unpaired) electrons. The molecule has 1 aliphatic rings. The van der Waals surface area contributed by atoms with E-state index in [0.29, 0.717) is 18.2 Å². The van der Waals surface area contributed by atoms with Crippen molar-refractivity contribution in [3.63, 3.8) is 0 Å². The zero-order valence-corrected chi connectivity index (χ0v) is 15.9. The Kier molecular flexibility index (Phi) is 4.40. The van der Waals surface area contributed by atoms with Crippen LogP contribution in [0.1, 0.15) is 32.1 Å². The van der Waals surface area contributed by atoms with Crippen LogP contribution >= 0.6 is 22.9 Å². The van der Waals surface area contributed by atoms with Crippen molar-refractivity contribution in [2.75, 3.05) is 20.1 Å². The fraction of sp³-hybridized carbons (Fsp3) is 0.471. The molecule has 0 bridgehead atoms. The van der Waals surface area contributed by atoms with E-state index in [4.69, 9.17) is 16.3 Å². The molecule has 5 nitrogen and oxygen atoms in total. The first kappa shape index (κ1) is 17.3. The minimum atomic E-state index is -0.469. The van der Waals surface area contributed by atoms with Gasteiger partial charge < -0.3 is 4.74 Å². The van der Waals surface area contributed by atoms with Crippen LogP contribution in [0, 0.1) is 0 Å². The quantitative estimate of drug-likeness (QED) is 0.550. The Morgan fingerprint density at radius 3 is 2.71 bits per heavy atom. The molecular formula is C17H21ClN3O2S+. The largest absolute Gasteiger partial charge is 0.516 e. The number of carbonyl (C=O) groups excluding carboxylic acids is 1. The molecular weight excluding hydrogens is 346 g/mol. The van der Waals surface area contributed by atoms with E-state index in [-0.39, 0.29) is 10.6 Å². The average molecular weight is 367 g/mol. The predicted molar refractivity (Wildman–Crippen MR) is 97.2 cm³/mol. The summed E-state index contributed by atoms with van der Waals surface area (Å²) in [4.78, 5) is 21.9. The van der Waals surface area contributed by atoms with E-state index >= 15 is 0 Å². The summed E-state index contributed by atoms with van der Waals surface area (Å²) in [6.07, 6.45) is 4.24. The maximum absolute atomic E-state index is 12.5. The third kappa shape index (κ3) is 3.45. The van der Waals surface area contributed by atoms with Gasteiger partial charge >= 0.3 is 6.09 Å². The van der Waals surface area contributed by atoms with Crippen molar-refractivity contribution >= 4 is 44.8 Å². The lowest BCUT2D eigenvalue weighted by Gasteiger charge is -2.34. The number of nitrogens with zero attached hydrogens (tertiary/aromatic N) is 3. The summed E-state index contributed by atoms with van der Waals surface area (Å²) in [7, 11) is 1.93. The zero-order valence-electron chi connectivity index (χ0n) is 14.3. The summed E-state index contributed by atoms with van der Waals surface area (Å²) in [6, 6.07) is 2.04. The van der Waals surface area contributed by atoms with Gasteiger partial charge in [-0.25, -0.2) is 14.5 Å². The number of hydrogen-bond acceptors (Lipinski definition) is 5. The highest BCUT2D eigenvalue weighted by Gasteiger charge is 2.38. The number of carbonyl (C=O) groups is 1. The predicted octanol–water partition coefficient (Wildman–Crippen LogP) is 4.51. The SMILES string of the molecule is CC(C)(C)OC(=O)[N@@+]1(C)CC=C(c2cc3ncnc(Cl)c3s2)CC1. The molecule has 1 amide bonds. The summed E-state index contributed by atoms with van der Waals surface area (Å²) >= 11 is 7.73. The number of rotatable bonds is 1. The standard InChI is InChI=1S/C17H21ClN3O2S/c1-17(2,3)23-16(22)21(4)7-5-11(6-8-21)13-9-12-14(24-13)15(18)20-10-19-12/h5,9-10H,6-8H2,1-4H3/q+1/t21-/m0/s1. The van der Waals surface area contributed by atoms with Crippen LogP contribution in [0.25, 0.3) is 15.8 Å². The van der Waals surface area contributed by atoms with E-state index in [0.717, 1.165) is 21.5 Å². The molecule has 24 heavy (non-hydrogen) atoms. The molecule has 2 aromatic heterocycles. The Morgan fingerprint density at radius 1 is 1.38 bits per heavy atom. The number of hydrogen-bond donors (Lipinski definition) is 0. The summed E-state index contributed by atoms with van der Waals surface area (Å²) in [5.41, 5.74) is 1.63. The monoisotopic (exact) mass is 366 g/mol. The first-order valence-corrected chi connectivity index (χ1v) is 9.05. The Balaban J connectivity index is 1.81. The molecule has 0 spiro atoms. The zero-order chi connectivity index (χ0) is 17.5. The van der Waals surface area contributed by atoms with Crippen LogP contribution in [0.15, 0.2) is 18.5 Å². The van der Waals surface area contributed by atoms with Gasteiger partial charge in [0.2, 0.25) is 0 Å². The number of halogens is 1. The van der Waals surface area contributed by atoms with Crippen molar-refractivity contribution in [3.8, 4) is 0 Å². The van der Waals surface area contributed by atoms with Crippen molar-refractivity contribution in [3.05, 3.63) is 28.5 Å². The first-order chi connectivity index (χ1) is 11.2. The number of amides is 1. The summed E-state index contributed by atoms with van der Waals surface area (Å²) in [5, 5.41) is 0.488. The van der Waals surface area contributed by atoms with Gasteiger partial charge in [0.1, 0.15) is 23.6 Å². The lowest BCUT2D eigenvalue weighted by atomic mass is 10.1. The topological polar surface area (TPSA) is 52.1 Å². The minimum absolute atomic E-state index is 0.178. The van der Waals surface area contributed by atoms with Crippen LogP contribution in [-0.2, 0) is 4.74 Å². The first-order valence-electron chi connectivity index (χ1n) is 7.85. The van der Waals surface area contributed by atoms with E-state index < -0.39 is 5.60 Å². The number of likely N-dealkylation sites (N-methyl/N-ethyl adjacent to an activating group) is 1. The maximum atomic E-state index is 12.5. The molecule has 1 atom stereocenters. The van der Waals surface area contributed by atoms with Crippen LogP contribution in [-0.4, -0.2) is 46.3 Å². The van der Waals surface area contributed by atoms with Crippen LogP contribution in [0.5, 0.6) is 0 Å². The second kappa shape index (κ2) is 6.10. The third-order valence-electron chi connectivity index (χ3n) is 4.03. The van der Waals surface area contributed by atoms with Gasteiger partial charge in [0.05, 0.1) is 23.8 Å². The van der Waals surface area contributed by atoms with E-state index in [2.05, 4.69) is 16.0 Å².